The van der Waals surface area contributed by atoms with E-state index in [-0.39, 0.29) is 12.7 Å². The van der Waals surface area contributed by atoms with Gasteiger partial charge in [-0.15, -0.1) is 4.68 Å². The highest BCUT2D eigenvalue weighted by atomic mass is 35.5. The minimum Gasteiger partial charge on any atom is -0.486 e. The van der Waals surface area contributed by atoms with Crippen molar-refractivity contribution >= 4 is 46.5 Å². The molecule has 4 rings (SSSR count). The zero-order valence-electron chi connectivity index (χ0n) is 16.2. The van der Waals surface area contributed by atoms with Gasteiger partial charge < -0.3 is 14.4 Å². The lowest BCUT2D eigenvalue weighted by molar-refractivity contribution is -0.750. The number of ether oxygens (including phenoxy) is 1. The van der Waals surface area contributed by atoms with Gasteiger partial charge in [0, 0.05) is 30.2 Å². The van der Waals surface area contributed by atoms with Crippen molar-refractivity contribution in [2.24, 2.45) is 0 Å². The van der Waals surface area contributed by atoms with Gasteiger partial charge in [-0.1, -0.05) is 23.2 Å². The number of halogens is 2. The van der Waals surface area contributed by atoms with E-state index in [0.29, 0.717) is 27.9 Å². The average Bonchev–Trinajstić information content (AvgIpc) is 3.33. The summed E-state index contributed by atoms with van der Waals surface area (Å²) in [6.45, 7) is 2.49. The van der Waals surface area contributed by atoms with E-state index in [0.717, 1.165) is 16.6 Å². The number of hydrogen-bond acceptors (Lipinski definition) is 4. The number of nitrogens with zero attached hydrogens (tertiary/aromatic N) is 4. The van der Waals surface area contributed by atoms with Crippen LogP contribution in [0.4, 0.5) is 0 Å². The molecule has 154 valence electrons. The number of nitrogens with one attached hydrogen (secondary N) is 1. The van der Waals surface area contributed by atoms with Crippen LogP contribution >= 0.6 is 23.2 Å². The van der Waals surface area contributed by atoms with Crippen LogP contribution in [-0.4, -0.2) is 31.3 Å². The lowest BCUT2D eigenvalue weighted by Gasteiger charge is -2.17. The van der Waals surface area contributed by atoms with Crippen molar-refractivity contribution < 1.29 is 14.5 Å². The van der Waals surface area contributed by atoms with Crippen molar-refractivity contribution in [2.75, 3.05) is 6.61 Å². The lowest BCUT2D eigenvalue weighted by Crippen LogP contribution is -2.36. The van der Waals surface area contributed by atoms with Gasteiger partial charge in [0.05, 0.1) is 39.2 Å². The third-order valence-corrected chi connectivity index (χ3v) is 5.23. The van der Waals surface area contributed by atoms with Crippen LogP contribution in [0.25, 0.3) is 23.3 Å². The van der Waals surface area contributed by atoms with E-state index < -0.39 is 0 Å². The molecule has 9 heteroatoms. The number of H-pyrrole nitrogens is 1. The highest BCUT2D eigenvalue weighted by molar-refractivity contribution is 6.35. The van der Waals surface area contributed by atoms with Gasteiger partial charge >= 0.3 is 0 Å². The highest BCUT2D eigenvalue weighted by Crippen LogP contribution is 2.33. The van der Waals surface area contributed by atoms with E-state index in [9.17, 15) is 0 Å². The zero-order valence-corrected chi connectivity index (χ0v) is 17.7. The van der Waals surface area contributed by atoms with Gasteiger partial charge in [0.2, 0.25) is 6.20 Å². The van der Waals surface area contributed by atoms with Crippen LogP contribution in [0.5, 0.6) is 5.75 Å². The second-order valence-corrected chi connectivity index (χ2v) is 7.53. The molecule has 0 aliphatic carbocycles. The molecular weight excluding hydrogens is 425 g/mol. The molecule has 0 radical (unpaired) electrons. The molecule has 0 fully saturated rings. The fourth-order valence-electron chi connectivity index (χ4n) is 3.18. The Bertz CT molecular complexity index is 1180. The summed E-state index contributed by atoms with van der Waals surface area (Å²) in [7, 11) is 0. The monoisotopic (exact) mass is 444 g/mol. The molecule has 3 heterocycles. The molecule has 0 spiro atoms. The van der Waals surface area contributed by atoms with Gasteiger partial charge in [-0.05, 0) is 25.1 Å². The number of aromatic nitrogens is 5. The molecule has 0 aliphatic heterocycles. The number of benzene rings is 1. The maximum absolute atomic E-state index is 9.02. The van der Waals surface area contributed by atoms with Crippen molar-refractivity contribution in [2.45, 2.75) is 19.6 Å². The van der Waals surface area contributed by atoms with Gasteiger partial charge in [0.15, 0.2) is 6.54 Å². The quantitative estimate of drug-likeness (QED) is 0.420. The van der Waals surface area contributed by atoms with Crippen LogP contribution in [0.3, 0.4) is 0 Å². The van der Waals surface area contributed by atoms with Crippen molar-refractivity contribution in [3.8, 4) is 5.75 Å². The second-order valence-electron chi connectivity index (χ2n) is 6.71. The summed E-state index contributed by atoms with van der Waals surface area (Å²) in [5.74, 6) is 0.677. The van der Waals surface area contributed by atoms with E-state index in [1.807, 2.05) is 59.0 Å². The van der Waals surface area contributed by atoms with E-state index in [1.54, 1.807) is 18.7 Å². The smallest absolute Gasteiger partial charge is 0.202 e. The number of aliphatic hydroxyl groups excluding tert-OH is 1. The van der Waals surface area contributed by atoms with E-state index >= 15 is 0 Å². The number of pyridine rings is 1. The summed E-state index contributed by atoms with van der Waals surface area (Å²) in [5.41, 5.74) is 3.43. The Labute approximate surface area is 183 Å². The Morgan fingerprint density at radius 2 is 2.10 bits per heavy atom. The number of fused-ring (bicyclic) bond motifs is 1. The first-order valence-electron chi connectivity index (χ1n) is 9.34. The van der Waals surface area contributed by atoms with Crippen molar-refractivity contribution in [3.05, 3.63) is 70.5 Å². The molecule has 2 N–H and O–H groups in total. The molecule has 0 saturated heterocycles. The van der Waals surface area contributed by atoms with Crippen LogP contribution < -0.4 is 9.42 Å². The van der Waals surface area contributed by atoms with Gasteiger partial charge in [0.1, 0.15) is 18.5 Å². The molecule has 0 bridgehead atoms. The number of aromatic amines is 1. The van der Waals surface area contributed by atoms with Gasteiger partial charge in [-0.3, -0.25) is 4.98 Å². The average molecular weight is 445 g/mol. The van der Waals surface area contributed by atoms with Crippen LogP contribution in [0, 0.1) is 0 Å². The summed E-state index contributed by atoms with van der Waals surface area (Å²) >= 11 is 12.5. The summed E-state index contributed by atoms with van der Waals surface area (Å²) in [6, 6.07) is 5.70. The normalized spacial score (nSPS) is 12.7. The molecule has 1 aromatic carbocycles. The number of aliphatic hydroxyl groups is 1. The predicted octanol–water partition coefficient (Wildman–Crippen LogP) is 4.11. The molecule has 0 aliphatic rings. The Morgan fingerprint density at radius 3 is 2.87 bits per heavy atom. The summed E-state index contributed by atoms with van der Waals surface area (Å²) < 4.78 is 9.83. The molecule has 7 nitrogen and oxygen atoms in total. The van der Waals surface area contributed by atoms with Gasteiger partial charge in [-0.2, -0.15) is 5.10 Å². The van der Waals surface area contributed by atoms with Crippen LogP contribution in [0.1, 0.15) is 24.2 Å². The van der Waals surface area contributed by atoms with Crippen molar-refractivity contribution in [1.82, 2.24) is 19.6 Å². The summed E-state index contributed by atoms with van der Waals surface area (Å²) in [5, 5.41) is 13.0. The first-order valence-corrected chi connectivity index (χ1v) is 10.1. The Hall–Kier alpha value is -2.87. The van der Waals surface area contributed by atoms with Crippen LogP contribution in [-0.2, 0) is 6.54 Å². The minimum absolute atomic E-state index is 0.0810. The summed E-state index contributed by atoms with van der Waals surface area (Å²) in [4.78, 5) is 8.41. The van der Waals surface area contributed by atoms with Crippen LogP contribution in [0.15, 0.2) is 49.3 Å². The Kier molecular flexibility index (Phi) is 6.03. The van der Waals surface area contributed by atoms with E-state index in [1.165, 1.54) is 0 Å². The second kappa shape index (κ2) is 8.87. The third kappa shape index (κ3) is 4.33. The van der Waals surface area contributed by atoms with E-state index in [4.69, 9.17) is 33.0 Å². The molecule has 0 amide bonds. The standard InChI is InChI=1S/C21H19Cl2N5O2/c1-14(21-17(22)10-24-11-18(21)23)30-16-2-3-19-20(8-16)27(13-25-19)5-4-15-9-26-28(12-15)6-7-29/h2-5,8-14,29H,6-7H2,1H3/p+1/b5-4+/t14-/m1/s1. The minimum atomic E-state index is -0.348. The molecule has 1 atom stereocenters. The maximum Gasteiger partial charge on any atom is 0.202 e. The predicted molar refractivity (Wildman–Crippen MR) is 116 cm³/mol. The van der Waals surface area contributed by atoms with Crippen molar-refractivity contribution in [3.63, 3.8) is 0 Å². The molecule has 30 heavy (non-hydrogen) atoms. The number of rotatable bonds is 7. The molecule has 4 aromatic rings. The Balaban J connectivity index is 1.57. The third-order valence-electron chi connectivity index (χ3n) is 4.63. The summed E-state index contributed by atoms with van der Waals surface area (Å²) in [6.07, 6.45) is 12.2. The molecular formula is C21H20Cl2N5O2+. The first kappa shape index (κ1) is 20.4. The highest BCUT2D eigenvalue weighted by Gasteiger charge is 2.16. The topological polar surface area (TPSA) is 79.8 Å². The molecule has 3 aromatic heterocycles. The van der Waals surface area contributed by atoms with Gasteiger partial charge in [-0.25, -0.2) is 4.98 Å². The largest absolute Gasteiger partial charge is 0.486 e. The number of hydrogen-bond donors (Lipinski definition) is 2. The Morgan fingerprint density at radius 1 is 1.30 bits per heavy atom. The zero-order chi connectivity index (χ0) is 21.1. The first-order chi connectivity index (χ1) is 14.5. The van der Waals surface area contributed by atoms with Crippen LogP contribution in [0.2, 0.25) is 10.0 Å². The molecule has 0 unspecified atom stereocenters. The maximum atomic E-state index is 9.02. The van der Waals surface area contributed by atoms with Crippen molar-refractivity contribution in [1.29, 1.82) is 0 Å². The lowest BCUT2D eigenvalue weighted by atomic mass is 10.1. The fraction of sp³-hybridized carbons (Fsp3) is 0.190. The van der Waals surface area contributed by atoms with Gasteiger partial charge in [0.25, 0.3) is 0 Å². The molecule has 0 saturated carbocycles. The fourth-order valence-corrected chi connectivity index (χ4v) is 3.85. The van der Waals surface area contributed by atoms with E-state index in [2.05, 4.69) is 15.1 Å². The number of imidazole rings is 1. The SMILES string of the molecule is C[C@@H](Oc1ccc2ncn(/C=C/c3c[nH][n+](CCO)c3)c2c1)c1c(Cl)cncc1Cl.